The molecule has 0 saturated heterocycles. The molecule has 1 fully saturated rings. The van der Waals surface area contributed by atoms with Crippen molar-refractivity contribution in [2.24, 2.45) is 0 Å². The van der Waals surface area contributed by atoms with Crippen LogP contribution in [-0.2, 0) is 9.84 Å². The number of hydrogen-bond acceptors (Lipinski definition) is 8. The summed E-state index contributed by atoms with van der Waals surface area (Å²) in [5, 5.41) is 3.42. The molecular formula is C25H25N5O2S2. The van der Waals surface area contributed by atoms with Gasteiger partial charge in [-0.05, 0) is 43.2 Å². The average molecular weight is 492 g/mol. The van der Waals surface area contributed by atoms with Crippen LogP contribution in [0.4, 0.5) is 16.8 Å². The third kappa shape index (κ3) is 4.80. The monoisotopic (exact) mass is 491 g/mol. The molecule has 1 aliphatic rings. The third-order valence-electron chi connectivity index (χ3n) is 6.02. The number of nitrogens with two attached hydrogens (primary N) is 1. The molecule has 7 nitrogen and oxygen atoms in total. The molecule has 0 unspecified atom stereocenters. The summed E-state index contributed by atoms with van der Waals surface area (Å²) in [5.74, 6) is 0.439. The number of benzene rings is 2. The summed E-state index contributed by atoms with van der Waals surface area (Å²) in [6, 6.07) is 12.8. The maximum absolute atomic E-state index is 12.9. The van der Waals surface area contributed by atoms with Gasteiger partial charge in [0.15, 0.2) is 15.0 Å². The summed E-state index contributed by atoms with van der Waals surface area (Å²) in [6.45, 7) is 0. The lowest BCUT2D eigenvalue weighted by Gasteiger charge is -2.21. The Labute approximate surface area is 202 Å². The largest absolute Gasteiger partial charge is 0.375 e. The predicted molar refractivity (Wildman–Crippen MR) is 139 cm³/mol. The number of sulfone groups is 1. The highest BCUT2D eigenvalue weighted by molar-refractivity contribution is 7.92. The van der Waals surface area contributed by atoms with Crippen LogP contribution in [0.25, 0.3) is 22.4 Å². The lowest BCUT2D eigenvalue weighted by molar-refractivity contribution is 0.483. The van der Waals surface area contributed by atoms with E-state index in [0.717, 1.165) is 59.1 Å². The van der Waals surface area contributed by atoms with Crippen molar-refractivity contribution in [2.45, 2.75) is 42.2 Å². The Morgan fingerprint density at radius 3 is 2.44 bits per heavy atom. The predicted octanol–water partition coefficient (Wildman–Crippen LogP) is 5.69. The van der Waals surface area contributed by atoms with Gasteiger partial charge in [0.2, 0.25) is 5.95 Å². The van der Waals surface area contributed by atoms with E-state index in [1.54, 1.807) is 36.7 Å². The van der Waals surface area contributed by atoms with E-state index in [0.29, 0.717) is 16.0 Å². The fraction of sp³-hybridized carbons (Fsp3) is 0.240. The number of fused-ring (bicyclic) bond motifs is 1. The van der Waals surface area contributed by atoms with Crippen molar-refractivity contribution in [1.29, 1.82) is 0 Å². The minimum atomic E-state index is -3.28. The molecule has 3 N–H and O–H groups in total. The second-order valence-corrected chi connectivity index (χ2v) is 11.7. The summed E-state index contributed by atoms with van der Waals surface area (Å²) in [6.07, 6.45) is 12.0. The fourth-order valence-corrected chi connectivity index (χ4v) is 6.84. The Kier molecular flexibility index (Phi) is 6.30. The Balaban J connectivity index is 1.25. The molecule has 0 atom stereocenters. The molecule has 174 valence electrons. The first-order valence-electron chi connectivity index (χ1n) is 11.3. The van der Waals surface area contributed by atoms with Crippen molar-refractivity contribution in [1.82, 2.24) is 15.0 Å². The molecule has 0 amide bonds. The van der Waals surface area contributed by atoms with Crippen LogP contribution in [0, 0.1) is 0 Å². The normalized spacial score (nSPS) is 15.2. The maximum Gasteiger partial charge on any atom is 0.227 e. The lowest BCUT2D eigenvalue weighted by Crippen LogP contribution is -2.24. The van der Waals surface area contributed by atoms with Crippen molar-refractivity contribution >= 4 is 60.3 Å². The van der Waals surface area contributed by atoms with Gasteiger partial charge in [-0.3, -0.25) is 0 Å². The first kappa shape index (κ1) is 22.5. The Hall–Kier alpha value is -3.30. The second-order valence-electron chi connectivity index (χ2n) is 8.37. The zero-order valence-corrected chi connectivity index (χ0v) is 20.1. The average Bonchev–Trinajstić information content (AvgIpc) is 3.25. The third-order valence-corrected chi connectivity index (χ3v) is 9.15. The first-order chi connectivity index (χ1) is 16.5. The number of aromatic nitrogens is 3. The number of thiazole rings is 1. The Morgan fingerprint density at radius 1 is 0.971 bits per heavy atom. The molecule has 5 rings (SSSR count). The van der Waals surface area contributed by atoms with Crippen LogP contribution >= 0.6 is 11.3 Å². The molecule has 34 heavy (non-hydrogen) atoms. The molecule has 2 aromatic heterocycles. The quantitative estimate of drug-likeness (QED) is 0.356. The molecular weight excluding hydrogens is 466 g/mol. The fourth-order valence-electron chi connectivity index (χ4n) is 4.22. The minimum Gasteiger partial charge on any atom is -0.375 e. The number of anilines is 3. The van der Waals surface area contributed by atoms with E-state index in [2.05, 4.69) is 20.3 Å². The molecule has 0 bridgehead atoms. The molecule has 2 heterocycles. The summed E-state index contributed by atoms with van der Waals surface area (Å²) in [7, 11) is -3.28. The van der Waals surface area contributed by atoms with E-state index >= 15 is 0 Å². The summed E-state index contributed by atoms with van der Waals surface area (Å²) in [5.41, 5.74) is 9.28. The highest BCUT2D eigenvalue weighted by atomic mass is 32.2. The van der Waals surface area contributed by atoms with Gasteiger partial charge in [-0.15, -0.1) is 0 Å². The number of hydrogen-bond donors (Lipinski definition) is 2. The Morgan fingerprint density at radius 2 is 1.71 bits per heavy atom. The van der Waals surface area contributed by atoms with Gasteiger partial charge >= 0.3 is 0 Å². The molecule has 0 radical (unpaired) electrons. The van der Waals surface area contributed by atoms with Crippen molar-refractivity contribution in [3.8, 4) is 0 Å². The van der Waals surface area contributed by atoms with Crippen LogP contribution in [0.5, 0.6) is 0 Å². The van der Waals surface area contributed by atoms with Gasteiger partial charge in [-0.25, -0.2) is 23.4 Å². The highest BCUT2D eigenvalue weighted by Gasteiger charge is 2.28. The summed E-state index contributed by atoms with van der Waals surface area (Å²) < 4.78 is 26.8. The van der Waals surface area contributed by atoms with Crippen LogP contribution in [0.2, 0.25) is 0 Å². The standard InChI is InChI=1S/C25H25N5O2S2/c26-24-30-23-18(5-4-8-22(23)33-24)10-9-17-15-27-25(28-16-17)29-19-11-13-21(14-12-19)34(31,32)20-6-2-1-3-7-20/h4-5,8-16,20H,1-3,6-7H2,(H2,26,30)(H,27,28,29)/b10-9+. The van der Waals surface area contributed by atoms with Crippen LogP contribution in [0.3, 0.4) is 0 Å². The van der Waals surface area contributed by atoms with E-state index in [9.17, 15) is 8.42 Å². The molecule has 0 spiro atoms. The lowest BCUT2D eigenvalue weighted by atomic mass is 10.0. The Bertz CT molecular complexity index is 1420. The van der Waals surface area contributed by atoms with Crippen molar-refractivity contribution in [3.05, 3.63) is 66.0 Å². The second kappa shape index (κ2) is 9.52. The van der Waals surface area contributed by atoms with Gasteiger partial charge in [0.1, 0.15) is 0 Å². The SMILES string of the molecule is Nc1nc2c(/C=C/c3cnc(Nc4ccc(S(=O)(=O)C5CCCCC5)cc4)nc3)cccc2s1. The van der Waals surface area contributed by atoms with E-state index in [-0.39, 0.29) is 5.25 Å². The van der Waals surface area contributed by atoms with E-state index < -0.39 is 9.84 Å². The number of rotatable bonds is 6. The van der Waals surface area contributed by atoms with Crippen LogP contribution in [0.15, 0.2) is 59.8 Å². The molecule has 0 aliphatic heterocycles. The molecule has 2 aromatic carbocycles. The van der Waals surface area contributed by atoms with Crippen molar-refractivity contribution in [2.75, 3.05) is 11.1 Å². The topological polar surface area (TPSA) is 111 Å². The first-order valence-corrected chi connectivity index (χ1v) is 13.6. The smallest absolute Gasteiger partial charge is 0.227 e. The zero-order chi connectivity index (χ0) is 23.5. The molecule has 9 heteroatoms. The van der Waals surface area contributed by atoms with Gasteiger partial charge in [-0.1, -0.05) is 54.9 Å². The zero-order valence-electron chi connectivity index (χ0n) is 18.5. The van der Waals surface area contributed by atoms with Crippen molar-refractivity contribution in [3.63, 3.8) is 0 Å². The van der Waals surface area contributed by atoms with Crippen molar-refractivity contribution < 1.29 is 8.42 Å². The van der Waals surface area contributed by atoms with Gasteiger partial charge in [0.25, 0.3) is 0 Å². The van der Waals surface area contributed by atoms with E-state index in [1.807, 2.05) is 30.4 Å². The van der Waals surface area contributed by atoms with Crippen LogP contribution < -0.4 is 11.1 Å². The van der Waals surface area contributed by atoms with Gasteiger partial charge in [0.05, 0.1) is 20.4 Å². The number of nitrogens with one attached hydrogen (secondary N) is 1. The number of nitrogens with zero attached hydrogens (tertiary/aromatic N) is 3. The van der Waals surface area contributed by atoms with Crippen LogP contribution in [0.1, 0.15) is 43.2 Å². The molecule has 1 aliphatic carbocycles. The van der Waals surface area contributed by atoms with E-state index in [1.165, 1.54) is 11.3 Å². The summed E-state index contributed by atoms with van der Waals surface area (Å²) >= 11 is 1.47. The minimum absolute atomic E-state index is 0.260. The number of nitrogen functional groups attached to an aromatic ring is 1. The van der Waals surface area contributed by atoms with E-state index in [4.69, 9.17) is 5.73 Å². The van der Waals surface area contributed by atoms with Gasteiger partial charge in [0, 0.05) is 29.2 Å². The highest BCUT2D eigenvalue weighted by Crippen LogP contribution is 2.30. The summed E-state index contributed by atoms with van der Waals surface area (Å²) in [4.78, 5) is 13.5. The van der Waals surface area contributed by atoms with Gasteiger partial charge < -0.3 is 11.1 Å². The number of para-hydroxylation sites is 1. The maximum atomic E-state index is 12.9. The molecule has 4 aromatic rings. The van der Waals surface area contributed by atoms with Crippen LogP contribution in [-0.4, -0.2) is 28.6 Å². The van der Waals surface area contributed by atoms with Gasteiger partial charge in [-0.2, -0.15) is 0 Å². The molecule has 1 saturated carbocycles.